The van der Waals surface area contributed by atoms with E-state index in [0.717, 1.165) is 21.3 Å². The van der Waals surface area contributed by atoms with E-state index in [-0.39, 0.29) is 5.75 Å². The molecule has 0 saturated heterocycles. The average Bonchev–Trinajstić information content (AvgIpc) is 2.75. The van der Waals surface area contributed by atoms with Gasteiger partial charge in [0.05, 0.1) is 23.7 Å². The number of benzene rings is 2. The fraction of sp³-hybridized carbons (Fsp3) is 0.133. The summed E-state index contributed by atoms with van der Waals surface area (Å²) in [5.41, 5.74) is 2.58. The lowest BCUT2D eigenvalue weighted by Gasteiger charge is -2.07. The number of halogens is 1. The first-order valence-electron chi connectivity index (χ1n) is 6.09. The molecule has 2 aromatic carbocycles. The number of phenols is 1. The van der Waals surface area contributed by atoms with Crippen LogP contribution in [0.25, 0.3) is 22.4 Å². The van der Waals surface area contributed by atoms with Crippen molar-refractivity contribution in [2.45, 2.75) is 0 Å². The van der Waals surface area contributed by atoms with Gasteiger partial charge in [-0.05, 0) is 30.3 Å². The van der Waals surface area contributed by atoms with Gasteiger partial charge in [0, 0.05) is 17.6 Å². The largest absolute Gasteiger partial charge is 0.507 e. The Morgan fingerprint density at radius 3 is 2.70 bits per heavy atom. The van der Waals surface area contributed by atoms with E-state index in [0.29, 0.717) is 11.3 Å². The predicted molar refractivity (Wildman–Crippen MR) is 82.1 cm³/mol. The molecule has 3 rings (SSSR count). The van der Waals surface area contributed by atoms with Crippen molar-refractivity contribution in [1.82, 2.24) is 9.55 Å². The van der Waals surface area contributed by atoms with E-state index in [9.17, 15) is 5.11 Å². The number of ether oxygens (including phenoxy) is 1. The Hall–Kier alpha value is -2.01. The molecule has 0 unspecified atom stereocenters. The van der Waals surface area contributed by atoms with Crippen molar-refractivity contribution in [2.24, 2.45) is 7.05 Å². The fourth-order valence-electron chi connectivity index (χ4n) is 2.24. The third-order valence-electron chi connectivity index (χ3n) is 3.29. The normalized spacial score (nSPS) is 10.9. The third-order valence-corrected chi connectivity index (χ3v) is 3.78. The Kier molecular flexibility index (Phi) is 3.14. The molecule has 0 atom stereocenters. The van der Waals surface area contributed by atoms with Gasteiger partial charge < -0.3 is 14.4 Å². The molecule has 102 valence electrons. The van der Waals surface area contributed by atoms with Crippen molar-refractivity contribution in [1.29, 1.82) is 0 Å². The smallest absolute Gasteiger partial charge is 0.144 e. The van der Waals surface area contributed by atoms with Crippen molar-refractivity contribution in [3.8, 4) is 22.9 Å². The number of aromatic nitrogens is 2. The van der Waals surface area contributed by atoms with E-state index in [1.54, 1.807) is 13.2 Å². The lowest BCUT2D eigenvalue weighted by atomic mass is 10.2. The van der Waals surface area contributed by atoms with Gasteiger partial charge in [0.1, 0.15) is 17.3 Å². The Labute approximate surface area is 124 Å². The molecule has 0 aliphatic heterocycles. The van der Waals surface area contributed by atoms with Crippen molar-refractivity contribution in [3.63, 3.8) is 0 Å². The van der Waals surface area contributed by atoms with Gasteiger partial charge in [0.2, 0.25) is 0 Å². The highest BCUT2D eigenvalue weighted by Crippen LogP contribution is 2.33. The molecule has 5 heteroatoms. The lowest BCUT2D eigenvalue weighted by Crippen LogP contribution is -1.93. The van der Waals surface area contributed by atoms with Crippen LogP contribution in [0.5, 0.6) is 11.5 Å². The number of methoxy groups -OCH3 is 1. The van der Waals surface area contributed by atoms with Crippen LogP contribution in [0.2, 0.25) is 0 Å². The van der Waals surface area contributed by atoms with Crippen LogP contribution in [-0.2, 0) is 7.05 Å². The summed E-state index contributed by atoms with van der Waals surface area (Å²) in [4.78, 5) is 4.59. The number of aromatic hydroxyl groups is 1. The Bertz CT molecular complexity index is 796. The maximum atomic E-state index is 10.1. The molecule has 20 heavy (non-hydrogen) atoms. The van der Waals surface area contributed by atoms with Crippen LogP contribution in [0.3, 0.4) is 0 Å². The minimum Gasteiger partial charge on any atom is -0.507 e. The van der Waals surface area contributed by atoms with E-state index in [1.807, 2.05) is 41.9 Å². The highest BCUT2D eigenvalue weighted by molar-refractivity contribution is 9.10. The van der Waals surface area contributed by atoms with Gasteiger partial charge in [-0.2, -0.15) is 0 Å². The van der Waals surface area contributed by atoms with Crippen LogP contribution >= 0.6 is 15.9 Å². The number of aryl methyl sites for hydroxylation is 1. The van der Waals surface area contributed by atoms with Crippen LogP contribution in [-0.4, -0.2) is 21.8 Å². The average molecular weight is 333 g/mol. The van der Waals surface area contributed by atoms with Crippen LogP contribution in [0.4, 0.5) is 0 Å². The molecule has 0 saturated carbocycles. The second kappa shape index (κ2) is 4.83. The summed E-state index contributed by atoms with van der Waals surface area (Å²) in [6, 6.07) is 11.1. The standard InChI is InChI=1S/C15H13BrN2O2/c1-18-13-6-3-9(16)7-12(13)17-15(18)11-5-4-10(20-2)8-14(11)19/h3-8,19H,1-2H3. The summed E-state index contributed by atoms with van der Waals surface area (Å²) < 4.78 is 8.04. The first kappa shape index (κ1) is 13.0. The second-order valence-corrected chi connectivity index (χ2v) is 5.43. The highest BCUT2D eigenvalue weighted by Gasteiger charge is 2.14. The molecule has 1 aromatic heterocycles. The quantitative estimate of drug-likeness (QED) is 0.778. The van der Waals surface area contributed by atoms with E-state index in [1.165, 1.54) is 0 Å². The molecule has 0 fully saturated rings. The van der Waals surface area contributed by atoms with Crippen molar-refractivity contribution >= 4 is 27.0 Å². The minimum atomic E-state index is 0.154. The molecule has 0 aliphatic rings. The van der Waals surface area contributed by atoms with Crippen molar-refractivity contribution in [3.05, 3.63) is 40.9 Å². The maximum Gasteiger partial charge on any atom is 0.144 e. The molecule has 0 aliphatic carbocycles. The molecule has 3 aromatic rings. The number of imidazole rings is 1. The molecule has 1 heterocycles. The van der Waals surface area contributed by atoms with Crippen molar-refractivity contribution in [2.75, 3.05) is 7.11 Å². The summed E-state index contributed by atoms with van der Waals surface area (Å²) >= 11 is 3.44. The Balaban J connectivity index is 2.21. The number of rotatable bonds is 2. The molecule has 0 amide bonds. The van der Waals surface area contributed by atoms with Gasteiger partial charge in [0.15, 0.2) is 0 Å². The summed E-state index contributed by atoms with van der Waals surface area (Å²) in [6.45, 7) is 0. The van der Waals surface area contributed by atoms with Crippen LogP contribution < -0.4 is 4.74 Å². The summed E-state index contributed by atoms with van der Waals surface area (Å²) in [7, 11) is 3.50. The molecular formula is C15H13BrN2O2. The topological polar surface area (TPSA) is 47.3 Å². The summed E-state index contributed by atoms with van der Waals surface area (Å²) in [5.74, 6) is 1.49. The van der Waals surface area contributed by atoms with Gasteiger partial charge >= 0.3 is 0 Å². The zero-order valence-corrected chi connectivity index (χ0v) is 12.7. The zero-order valence-electron chi connectivity index (χ0n) is 11.1. The second-order valence-electron chi connectivity index (χ2n) is 4.51. The number of nitrogens with zero attached hydrogens (tertiary/aromatic N) is 2. The molecule has 0 radical (unpaired) electrons. The summed E-state index contributed by atoms with van der Waals surface area (Å²) in [6.07, 6.45) is 0. The predicted octanol–water partition coefficient (Wildman–Crippen LogP) is 3.72. The molecule has 1 N–H and O–H groups in total. The van der Waals surface area contributed by atoms with E-state index >= 15 is 0 Å². The first-order chi connectivity index (χ1) is 9.60. The minimum absolute atomic E-state index is 0.154. The highest BCUT2D eigenvalue weighted by atomic mass is 79.9. The van der Waals surface area contributed by atoms with Crippen LogP contribution in [0.15, 0.2) is 40.9 Å². The van der Waals surface area contributed by atoms with Gasteiger partial charge in [-0.1, -0.05) is 15.9 Å². The lowest BCUT2D eigenvalue weighted by molar-refractivity contribution is 0.408. The maximum absolute atomic E-state index is 10.1. The number of phenolic OH excluding ortho intramolecular Hbond substituents is 1. The fourth-order valence-corrected chi connectivity index (χ4v) is 2.59. The Morgan fingerprint density at radius 2 is 2.00 bits per heavy atom. The molecule has 4 nitrogen and oxygen atoms in total. The number of hydrogen-bond acceptors (Lipinski definition) is 3. The third kappa shape index (κ3) is 2.04. The Morgan fingerprint density at radius 1 is 1.20 bits per heavy atom. The van der Waals surface area contributed by atoms with Crippen LogP contribution in [0.1, 0.15) is 0 Å². The number of fused-ring (bicyclic) bond motifs is 1. The number of hydrogen-bond donors (Lipinski definition) is 1. The molecule has 0 bridgehead atoms. The van der Waals surface area contributed by atoms with E-state index in [4.69, 9.17) is 4.74 Å². The van der Waals surface area contributed by atoms with Gasteiger partial charge in [0.25, 0.3) is 0 Å². The van der Waals surface area contributed by atoms with Gasteiger partial charge in [-0.15, -0.1) is 0 Å². The molecular weight excluding hydrogens is 320 g/mol. The molecule has 0 spiro atoms. The van der Waals surface area contributed by atoms with E-state index in [2.05, 4.69) is 20.9 Å². The van der Waals surface area contributed by atoms with Crippen LogP contribution in [0, 0.1) is 0 Å². The summed E-state index contributed by atoms with van der Waals surface area (Å²) in [5, 5.41) is 10.1. The van der Waals surface area contributed by atoms with E-state index < -0.39 is 0 Å². The first-order valence-corrected chi connectivity index (χ1v) is 6.89. The monoisotopic (exact) mass is 332 g/mol. The van der Waals surface area contributed by atoms with Gasteiger partial charge in [-0.3, -0.25) is 0 Å². The van der Waals surface area contributed by atoms with Crippen molar-refractivity contribution < 1.29 is 9.84 Å². The SMILES string of the molecule is COc1ccc(-c2nc3cc(Br)ccc3n2C)c(O)c1. The van der Waals surface area contributed by atoms with Gasteiger partial charge in [-0.25, -0.2) is 4.98 Å². The zero-order chi connectivity index (χ0) is 14.3.